The number of H-pyrrole nitrogens is 1. The monoisotopic (exact) mass is 385 g/mol. The Morgan fingerprint density at radius 2 is 2.29 bits per heavy atom. The number of amides is 2. The predicted molar refractivity (Wildman–Crippen MR) is 98.3 cm³/mol. The van der Waals surface area contributed by atoms with E-state index in [0.29, 0.717) is 44.7 Å². The number of ether oxygens (including phenoxy) is 1. The van der Waals surface area contributed by atoms with Crippen molar-refractivity contribution in [2.24, 2.45) is 0 Å². The van der Waals surface area contributed by atoms with Gasteiger partial charge in [-0.05, 0) is 24.5 Å². The quantitative estimate of drug-likeness (QED) is 0.656. The summed E-state index contributed by atoms with van der Waals surface area (Å²) in [6.07, 6.45) is 4.42. The molecule has 0 radical (unpaired) electrons. The number of aromatic amines is 1. The molecule has 0 aliphatic carbocycles. The van der Waals surface area contributed by atoms with Gasteiger partial charge in [0, 0.05) is 30.9 Å². The summed E-state index contributed by atoms with van der Waals surface area (Å²) in [6.45, 7) is 1.48. The van der Waals surface area contributed by atoms with Gasteiger partial charge in [0.15, 0.2) is 5.69 Å². The Morgan fingerprint density at radius 3 is 3.04 bits per heavy atom. The highest BCUT2D eigenvalue weighted by Gasteiger charge is 2.31. The normalized spacial score (nSPS) is 21.4. The fourth-order valence-corrected chi connectivity index (χ4v) is 3.59. The van der Waals surface area contributed by atoms with E-state index < -0.39 is 12.1 Å². The number of aliphatic hydroxyl groups excluding tert-OH is 1. The molecule has 2 amide bonds. The lowest BCUT2D eigenvalue weighted by Crippen LogP contribution is -2.43. The van der Waals surface area contributed by atoms with E-state index in [1.54, 1.807) is 17.3 Å². The van der Waals surface area contributed by atoms with Crippen molar-refractivity contribution in [2.75, 3.05) is 19.8 Å². The maximum atomic E-state index is 12.5. The van der Waals surface area contributed by atoms with Crippen molar-refractivity contribution < 1.29 is 19.4 Å². The van der Waals surface area contributed by atoms with Crippen LogP contribution in [0.4, 0.5) is 0 Å². The average molecular weight is 385 g/mol. The second kappa shape index (κ2) is 8.07. The van der Waals surface area contributed by atoms with Gasteiger partial charge in [-0.3, -0.25) is 19.7 Å². The summed E-state index contributed by atoms with van der Waals surface area (Å²) in [6, 6.07) is 3.40. The van der Waals surface area contributed by atoms with E-state index in [1.165, 1.54) is 0 Å². The fraction of sp³-hybridized carbons (Fsp3) is 0.474. The summed E-state index contributed by atoms with van der Waals surface area (Å²) in [7, 11) is 0. The van der Waals surface area contributed by atoms with Crippen LogP contribution in [-0.4, -0.2) is 68.9 Å². The summed E-state index contributed by atoms with van der Waals surface area (Å²) in [5.74, 6) is -0.260. The molecule has 4 rings (SSSR count). The van der Waals surface area contributed by atoms with E-state index in [1.807, 2.05) is 12.1 Å². The molecule has 2 atom stereocenters. The Labute approximate surface area is 162 Å². The summed E-state index contributed by atoms with van der Waals surface area (Å²) in [4.78, 5) is 30.9. The maximum absolute atomic E-state index is 12.5. The zero-order valence-electron chi connectivity index (χ0n) is 15.4. The van der Waals surface area contributed by atoms with E-state index in [4.69, 9.17) is 4.74 Å². The Morgan fingerprint density at radius 1 is 1.39 bits per heavy atom. The van der Waals surface area contributed by atoms with Gasteiger partial charge >= 0.3 is 0 Å². The molecule has 0 spiro atoms. The first kappa shape index (κ1) is 18.6. The van der Waals surface area contributed by atoms with Crippen LogP contribution in [0.2, 0.25) is 0 Å². The van der Waals surface area contributed by atoms with Crippen LogP contribution in [0.3, 0.4) is 0 Å². The molecule has 1 saturated heterocycles. The van der Waals surface area contributed by atoms with Gasteiger partial charge in [0.25, 0.3) is 5.91 Å². The van der Waals surface area contributed by atoms with Gasteiger partial charge in [-0.25, -0.2) is 0 Å². The maximum Gasteiger partial charge on any atom is 0.272 e. The van der Waals surface area contributed by atoms with Crippen molar-refractivity contribution in [1.29, 1.82) is 0 Å². The number of hydrogen-bond donors (Lipinski definition) is 3. The molecule has 9 heteroatoms. The van der Waals surface area contributed by atoms with Crippen LogP contribution >= 0.6 is 0 Å². The number of fused-ring (bicyclic) bond motifs is 1. The van der Waals surface area contributed by atoms with Gasteiger partial charge in [-0.1, -0.05) is 6.07 Å². The Hall–Kier alpha value is -2.78. The summed E-state index contributed by atoms with van der Waals surface area (Å²) in [5, 5.41) is 19.6. The smallest absolute Gasteiger partial charge is 0.272 e. The fourth-order valence-electron chi connectivity index (χ4n) is 3.59. The SMILES string of the molecule is O=C(N[C@H]1COC[C@@H]1O)c1n[nH]c2c1CCN(C(=O)CCc1cccnc1)C2. The van der Waals surface area contributed by atoms with Gasteiger partial charge in [0.05, 0.1) is 37.6 Å². The standard InChI is InChI=1S/C19H23N5O4/c25-16-11-28-10-15(16)21-19(27)18-13-5-7-24(9-14(13)22-23-18)17(26)4-3-12-2-1-6-20-8-12/h1-2,6,8,15-16,25H,3-5,7,9-11H2,(H,21,27)(H,22,23)/t15-,16-/m0/s1. The van der Waals surface area contributed by atoms with Crippen LogP contribution in [0.1, 0.15) is 33.7 Å². The molecule has 0 unspecified atom stereocenters. The molecule has 148 valence electrons. The molecule has 0 aromatic carbocycles. The Kier molecular flexibility index (Phi) is 5.36. The van der Waals surface area contributed by atoms with E-state index in [2.05, 4.69) is 20.5 Å². The highest BCUT2D eigenvalue weighted by atomic mass is 16.5. The minimum Gasteiger partial charge on any atom is -0.388 e. The van der Waals surface area contributed by atoms with Gasteiger partial charge in [-0.2, -0.15) is 5.10 Å². The van der Waals surface area contributed by atoms with E-state index in [-0.39, 0.29) is 18.4 Å². The molecule has 0 saturated carbocycles. The van der Waals surface area contributed by atoms with Gasteiger partial charge in [0.2, 0.25) is 5.91 Å². The number of aromatic nitrogens is 3. The van der Waals surface area contributed by atoms with Gasteiger partial charge in [-0.15, -0.1) is 0 Å². The number of nitrogens with zero attached hydrogens (tertiary/aromatic N) is 3. The van der Waals surface area contributed by atoms with Crippen LogP contribution in [0.5, 0.6) is 0 Å². The van der Waals surface area contributed by atoms with E-state index in [0.717, 1.165) is 16.8 Å². The number of carbonyl (C=O) groups is 2. The third-order valence-corrected chi connectivity index (χ3v) is 5.22. The zero-order valence-corrected chi connectivity index (χ0v) is 15.4. The largest absolute Gasteiger partial charge is 0.388 e. The zero-order chi connectivity index (χ0) is 19.5. The van der Waals surface area contributed by atoms with Crippen molar-refractivity contribution in [3.63, 3.8) is 0 Å². The molecule has 2 aliphatic heterocycles. The third-order valence-electron chi connectivity index (χ3n) is 5.22. The van der Waals surface area contributed by atoms with Crippen molar-refractivity contribution >= 4 is 11.8 Å². The Balaban J connectivity index is 1.36. The lowest BCUT2D eigenvalue weighted by atomic mass is 10.0. The number of aryl methyl sites for hydroxylation is 1. The molecule has 2 aliphatic rings. The first-order chi connectivity index (χ1) is 13.6. The van der Waals surface area contributed by atoms with Crippen LogP contribution in [0.25, 0.3) is 0 Å². The molecule has 3 N–H and O–H groups in total. The molecule has 1 fully saturated rings. The van der Waals surface area contributed by atoms with Crippen molar-refractivity contribution in [3.05, 3.63) is 47.0 Å². The lowest BCUT2D eigenvalue weighted by Gasteiger charge is -2.27. The number of pyridine rings is 1. The molecule has 2 aromatic heterocycles. The minimum atomic E-state index is -0.702. The summed E-state index contributed by atoms with van der Waals surface area (Å²) >= 11 is 0. The van der Waals surface area contributed by atoms with Crippen LogP contribution in [-0.2, 0) is 28.9 Å². The van der Waals surface area contributed by atoms with E-state index >= 15 is 0 Å². The molecule has 9 nitrogen and oxygen atoms in total. The summed E-state index contributed by atoms with van der Waals surface area (Å²) < 4.78 is 5.15. The predicted octanol–water partition coefficient (Wildman–Crippen LogP) is -0.188. The van der Waals surface area contributed by atoms with Crippen LogP contribution < -0.4 is 5.32 Å². The third kappa shape index (κ3) is 3.90. The van der Waals surface area contributed by atoms with Crippen molar-refractivity contribution in [2.45, 2.75) is 38.0 Å². The molecule has 28 heavy (non-hydrogen) atoms. The van der Waals surface area contributed by atoms with Gasteiger partial charge in [0.1, 0.15) is 0 Å². The van der Waals surface area contributed by atoms with Crippen LogP contribution in [0.15, 0.2) is 24.5 Å². The minimum absolute atomic E-state index is 0.0707. The molecule has 0 bridgehead atoms. The number of hydrogen-bond acceptors (Lipinski definition) is 6. The molecule has 4 heterocycles. The summed E-state index contributed by atoms with van der Waals surface area (Å²) in [5.41, 5.74) is 2.99. The molecule has 2 aromatic rings. The molecular formula is C19H23N5O4. The number of nitrogens with one attached hydrogen (secondary N) is 2. The first-order valence-electron chi connectivity index (χ1n) is 9.41. The second-order valence-electron chi connectivity index (χ2n) is 7.14. The second-order valence-corrected chi connectivity index (χ2v) is 7.14. The number of aliphatic hydroxyl groups is 1. The number of rotatable bonds is 5. The highest BCUT2D eigenvalue weighted by molar-refractivity contribution is 5.94. The van der Waals surface area contributed by atoms with Gasteiger partial charge < -0.3 is 20.1 Å². The topological polar surface area (TPSA) is 120 Å². The lowest BCUT2D eigenvalue weighted by molar-refractivity contribution is -0.132. The Bertz CT molecular complexity index is 853. The van der Waals surface area contributed by atoms with Crippen LogP contribution in [0, 0.1) is 0 Å². The van der Waals surface area contributed by atoms with Crippen molar-refractivity contribution in [1.82, 2.24) is 25.4 Å². The van der Waals surface area contributed by atoms with E-state index in [9.17, 15) is 14.7 Å². The highest BCUT2D eigenvalue weighted by Crippen LogP contribution is 2.21. The number of carbonyl (C=O) groups excluding carboxylic acids is 2. The molecular weight excluding hydrogens is 362 g/mol. The first-order valence-corrected chi connectivity index (χ1v) is 9.41. The average Bonchev–Trinajstić information content (AvgIpc) is 3.32. The van der Waals surface area contributed by atoms with Crippen molar-refractivity contribution in [3.8, 4) is 0 Å².